The summed E-state index contributed by atoms with van der Waals surface area (Å²) in [5.74, 6) is 0.851. The molecular formula is C13H29N5O. The third-order valence-corrected chi connectivity index (χ3v) is 3.45. The van der Waals surface area contributed by atoms with E-state index in [1.807, 2.05) is 0 Å². The van der Waals surface area contributed by atoms with E-state index in [0.717, 1.165) is 25.6 Å². The number of piperazine rings is 1. The van der Waals surface area contributed by atoms with E-state index in [2.05, 4.69) is 32.3 Å². The van der Waals surface area contributed by atoms with Crippen LogP contribution in [0.1, 0.15) is 6.92 Å². The fraction of sp³-hybridized carbons (Fsp3) is 0.923. The minimum absolute atomic E-state index is 0.694. The fourth-order valence-electron chi connectivity index (χ4n) is 2.15. The molecule has 1 saturated heterocycles. The van der Waals surface area contributed by atoms with E-state index < -0.39 is 0 Å². The van der Waals surface area contributed by atoms with Crippen molar-refractivity contribution in [3.8, 4) is 0 Å². The first kappa shape index (κ1) is 16.2. The Balaban J connectivity index is 2.09. The minimum Gasteiger partial charge on any atom is -0.383 e. The smallest absolute Gasteiger partial charge is 0.191 e. The second kappa shape index (κ2) is 10.00. The van der Waals surface area contributed by atoms with E-state index in [4.69, 9.17) is 4.74 Å². The zero-order valence-electron chi connectivity index (χ0n) is 12.6. The number of likely N-dealkylation sites (N-methyl/N-ethyl adjacent to an activating group) is 1. The van der Waals surface area contributed by atoms with Crippen molar-refractivity contribution in [2.24, 2.45) is 4.99 Å². The van der Waals surface area contributed by atoms with E-state index in [9.17, 15) is 0 Å². The van der Waals surface area contributed by atoms with Gasteiger partial charge < -0.3 is 20.3 Å². The van der Waals surface area contributed by atoms with Gasteiger partial charge in [-0.15, -0.1) is 0 Å². The van der Waals surface area contributed by atoms with Gasteiger partial charge in [0.25, 0.3) is 0 Å². The summed E-state index contributed by atoms with van der Waals surface area (Å²) in [6.07, 6.45) is 0. The van der Waals surface area contributed by atoms with Crippen LogP contribution in [0.4, 0.5) is 0 Å². The monoisotopic (exact) mass is 271 g/mol. The van der Waals surface area contributed by atoms with Gasteiger partial charge in [0.05, 0.1) is 6.61 Å². The molecule has 0 aromatic rings. The zero-order chi connectivity index (χ0) is 13.9. The predicted molar refractivity (Wildman–Crippen MR) is 79.8 cm³/mol. The van der Waals surface area contributed by atoms with Crippen molar-refractivity contribution < 1.29 is 4.74 Å². The van der Waals surface area contributed by atoms with Crippen LogP contribution in [0, 0.1) is 0 Å². The average molecular weight is 271 g/mol. The molecule has 0 unspecified atom stereocenters. The number of nitrogens with one attached hydrogen (secondary N) is 2. The molecule has 1 aliphatic heterocycles. The molecule has 19 heavy (non-hydrogen) atoms. The molecular weight excluding hydrogens is 242 g/mol. The molecule has 2 N–H and O–H groups in total. The van der Waals surface area contributed by atoms with E-state index in [-0.39, 0.29) is 0 Å². The standard InChI is InChI=1S/C13H29N5O/c1-4-17-8-10-18(11-9-17)7-5-15-13(14-2)16-6-12-19-3/h4-12H2,1-3H3,(H2,14,15,16). The molecule has 1 rings (SSSR count). The van der Waals surface area contributed by atoms with Crippen molar-refractivity contribution in [1.29, 1.82) is 0 Å². The highest BCUT2D eigenvalue weighted by molar-refractivity contribution is 5.79. The quantitative estimate of drug-likeness (QED) is 0.369. The van der Waals surface area contributed by atoms with Crippen LogP contribution in [-0.2, 0) is 4.74 Å². The van der Waals surface area contributed by atoms with Gasteiger partial charge in [0.1, 0.15) is 0 Å². The third-order valence-electron chi connectivity index (χ3n) is 3.45. The molecule has 0 aromatic carbocycles. The van der Waals surface area contributed by atoms with Gasteiger partial charge in [0, 0.05) is 60.0 Å². The molecule has 0 amide bonds. The molecule has 112 valence electrons. The number of methoxy groups -OCH3 is 1. The Hall–Kier alpha value is -0.850. The van der Waals surface area contributed by atoms with Gasteiger partial charge in [-0.05, 0) is 6.54 Å². The molecule has 6 heteroatoms. The topological polar surface area (TPSA) is 52.1 Å². The van der Waals surface area contributed by atoms with Gasteiger partial charge in [0.15, 0.2) is 5.96 Å². The normalized spacial score (nSPS) is 18.6. The third kappa shape index (κ3) is 6.75. The number of hydrogen-bond acceptors (Lipinski definition) is 4. The first-order chi connectivity index (χ1) is 9.30. The zero-order valence-corrected chi connectivity index (χ0v) is 12.6. The summed E-state index contributed by atoms with van der Waals surface area (Å²) in [6.45, 7) is 11.6. The Labute approximate surface area is 117 Å². The summed E-state index contributed by atoms with van der Waals surface area (Å²) in [6, 6.07) is 0. The summed E-state index contributed by atoms with van der Waals surface area (Å²) in [5, 5.41) is 6.54. The lowest BCUT2D eigenvalue weighted by Crippen LogP contribution is -2.49. The molecule has 0 spiro atoms. The number of hydrogen-bond donors (Lipinski definition) is 2. The van der Waals surface area contributed by atoms with E-state index in [0.29, 0.717) is 6.61 Å². The van der Waals surface area contributed by atoms with Crippen LogP contribution < -0.4 is 10.6 Å². The Kier molecular flexibility index (Phi) is 8.53. The van der Waals surface area contributed by atoms with Crippen LogP contribution in [0.3, 0.4) is 0 Å². The molecule has 1 aliphatic rings. The van der Waals surface area contributed by atoms with E-state index >= 15 is 0 Å². The number of nitrogens with zero attached hydrogens (tertiary/aromatic N) is 3. The van der Waals surface area contributed by atoms with E-state index in [1.165, 1.54) is 32.7 Å². The molecule has 0 aromatic heterocycles. The molecule has 0 bridgehead atoms. The number of rotatable bonds is 7. The van der Waals surface area contributed by atoms with Crippen LogP contribution in [0.5, 0.6) is 0 Å². The fourth-order valence-corrected chi connectivity index (χ4v) is 2.15. The van der Waals surface area contributed by atoms with Crippen molar-refractivity contribution in [3.05, 3.63) is 0 Å². The van der Waals surface area contributed by atoms with Crippen molar-refractivity contribution in [1.82, 2.24) is 20.4 Å². The number of guanidine groups is 1. The maximum atomic E-state index is 5.00. The van der Waals surface area contributed by atoms with Crippen molar-refractivity contribution in [2.75, 3.05) is 73.1 Å². The molecule has 1 heterocycles. The highest BCUT2D eigenvalue weighted by Gasteiger charge is 2.14. The lowest BCUT2D eigenvalue weighted by atomic mass is 10.3. The first-order valence-corrected chi connectivity index (χ1v) is 7.18. The SMILES string of the molecule is CCN1CCN(CCNC(=NC)NCCOC)CC1. The molecule has 0 atom stereocenters. The van der Waals surface area contributed by atoms with Crippen LogP contribution in [-0.4, -0.2) is 88.9 Å². The lowest BCUT2D eigenvalue weighted by Gasteiger charge is -2.34. The second-order valence-electron chi connectivity index (χ2n) is 4.69. The number of ether oxygens (including phenoxy) is 1. The average Bonchev–Trinajstić information content (AvgIpc) is 2.46. The summed E-state index contributed by atoms with van der Waals surface area (Å²) in [7, 11) is 3.50. The Morgan fingerprint density at radius 1 is 1.11 bits per heavy atom. The summed E-state index contributed by atoms with van der Waals surface area (Å²) < 4.78 is 5.00. The highest BCUT2D eigenvalue weighted by Crippen LogP contribution is 1.99. The van der Waals surface area contributed by atoms with Crippen LogP contribution in [0.15, 0.2) is 4.99 Å². The Bertz CT molecular complexity index is 251. The van der Waals surface area contributed by atoms with Crippen molar-refractivity contribution >= 4 is 5.96 Å². The van der Waals surface area contributed by atoms with Gasteiger partial charge in [-0.1, -0.05) is 6.92 Å². The molecule has 0 radical (unpaired) electrons. The van der Waals surface area contributed by atoms with Gasteiger partial charge in [-0.25, -0.2) is 0 Å². The minimum atomic E-state index is 0.694. The molecule has 6 nitrogen and oxygen atoms in total. The summed E-state index contributed by atoms with van der Waals surface area (Å²) in [5.41, 5.74) is 0. The molecule has 0 aliphatic carbocycles. The highest BCUT2D eigenvalue weighted by atomic mass is 16.5. The van der Waals surface area contributed by atoms with Crippen molar-refractivity contribution in [2.45, 2.75) is 6.92 Å². The van der Waals surface area contributed by atoms with Gasteiger partial charge in [-0.2, -0.15) is 0 Å². The first-order valence-electron chi connectivity index (χ1n) is 7.18. The van der Waals surface area contributed by atoms with Crippen molar-refractivity contribution in [3.63, 3.8) is 0 Å². The Morgan fingerprint density at radius 2 is 1.74 bits per heavy atom. The van der Waals surface area contributed by atoms with Gasteiger partial charge in [-0.3, -0.25) is 9.89 Å². The van der Waals surface area contributed by atoms with Crippen LogP contribution >= 0.6 is 0 Å². The molecule has 1 fully saturated rings. The number of aliphatic imine (C=N–C) groups is 1. The van der Waals surface area contributed by atoms with Crippen LogP contribution in [0.2, 0.25) is 0 Å². The lowest BCUT2D eigenvalue weighted by molar-refractivity contribution is 0.139. The Morgan fingerprint density at radius 3 is 2.32 bits per heavy atom. The maximum absolute atomic E-state index is 5.00. The summed E-state index contributed by atoms with van der Waals surface area (Å²) >= 11 is 0. The maximum Gasteiger partial charge on any atom is 0.191 e. The van der Waals surface area contributed by atoms with E-state index in [1.54, 1.807) is 14.2 Å². The second-order valence-corrected chi connectivity index (χ2v) is 4.69. The van der Waals surface area contributed by atoms with Crippen LogP contribution in [0.25, 0.3) is 0 Å². The van der Waals surface area contributed by atoms with Gasteiger partial charge >= 0.3 is 0 Å². The van der Waals surface area contributed by atoms with Gasteiger partial charge in [0.2, 0.25) is 0 Å². The summed E-state index contributed by atoms with van der Waals surface area (Å²) in [4.78, 5) is 9.18. The largest absolute Gasteiger partial charge is 0.383 e. The molecule has 0 saturated carbocycles. The predicted octanol–water partition coefficient (Wildman–Crippen LogP) is -0.565.